The number of amides is 1. The number of carbonyl (C=O) groups is 1. The molecule has 1 aromatic carbocycles. The highest BCUT2D eigenvalue weighted by atomic mass is 32.2. The number of benzene rings is 1. The number of carbonyl (C=O) groups excluding carboxylic acids is 1. The summed E-state index contributed by atoms with van der Waals surface area (Å²) in [5.41, 5.74) is 5.52. The van der Waals surface area contributed by atoms with E-state index < -0.39 is 0 Å². The summed E-state index contributed by atoms with van der Waals surface area (Å²) in [5, 5.41) is 0. The zero-order valence-electron chi connectivity index (χ0n) is 15.3. The average Bonchev–Trinajstić information content (AvgIpc) is 2.63. The Hall–Kier alpha value is -1.85. The lowest BCUT2D eigenvalue weighted by Crippen LogP contribution is -2.31. The van der Waals surface area contributed by atoms with Crippen LogP contribution >= 0.6 is 11.9 Å². The lowest BCUT2D eigenvalue weighted by molar-refractivity contribution is -0.118. The van der Waals surface area contributed by atoms with Crippen LogP contribution in [0.1, 0.15) is 38.3 Å². The maximum Gasteiger partial charge on any atom is 0.227 e. The minimum atomic E-state index is -0.148. The largest absolute Gasteiger partial charge is 0.315 e. The molecule has 1 N–H and O–H groups in total. The molecular weight excluding hydrogens is 330 g/mol. The van der Waals surface area contributed by atoms with Crippen LogP contribution in [0.3, 0.4) is 0 Å². The first kappa shape index (κ1) is 18.0. The lowest BCUT2D eigenvalue weighted by atomic mass is 9.93. The summed E-state index contributed by atoms with van der Waals surface area (Å²) < 4.78 is 3.50. The van der Waals surface area contributed by atoms with E-state index in [4.69, 9.17) is 0 Å². The Morgan fingerprint density at radius 2 is 2.00 bits per heavy atom. The van der Waals surface area contributed by atoms with Gasteiger partial charge in [-0.25, -0.2) is 0 Å². The van der Waals surface area contributed by atoms with Gasteiger partial charge in [0.1, 0.15) is 0 Å². The molecule has 0 radical (unpaired) electrons. The Kier molecular flexibility index (Phi) is 5.16. The molecule has 0 saturated carbocycles. The van der Waals surface area contributed by atoms with E-state index in [9.17, 15) is 4.79 Å². The van der Waals surface area contributed by atoms with Crippen molar-refractivity contribution in [3.8, 4) is 11.1 Å². The molecule has 0 bridgehead atoms. The molecule has 3 rings (SSSR count). The molecule has 25 heavy (non-hydrogen) atoms. The first-order valence-electron chi connectivity index (χ1n) is 8.66. The van der Waals surface area contributed by atoms with E-state index in [1.54, 1.807) is 16.8 Å². The number of nitrogens with one attached hydrogen (secondary N) is 1. The van der Waals surface area contributed by atoms with Gasteiger partial charge < -0.3 is 4.90 Å². The highest BCUT2D eigenvalue weighted by Gasteiger charge is 2.23. The number of aromatic nitrogens is 1. The number of fused-ring (bicyclic) bond motifs is 1. The average molecular weight is 356 g/mol. The van der Waals surface area contributed by atoms with Crippen LogP contribution in [0.25, 0.3) is 11.1 Å². The minimum Gasteiger partial charge on any atom is -0.315 e. The fraction of sp³-hybridized carbons (Fsp3) is 0.400. The number of aryl methyl sites for hydroxylation is 1. The van der Waals surface area contributed by atoms with Gasteiger partial charge in [0.2, 0.25) is 5.91 Å². The molecule has 0 spiro atoms. The van der Waals surface area contributed by atoms with Gasteiger partial charge in [0, 0.05) is 48.4 Å². The third-order valence-electron chi connectivity index (χ3n) is 4.69. The predicted octanol–water partition coefficient (Wildman–Crippen LogP) is 4.15. The summed E-state index contributed by atoms with van der Waals surface area (Å²) in [5.74, 6) is 1.21. The van der Waals surface area contributed by atoms with Crippen LogP contribution in [0.15, 0.2) is 36.7 Å². The Morgan fingerprint density at radius 3 is 2.76 bits per heavy atom. The van der Waals surface area contributed by atoms with Crippen LogP contribution in [0.5, 0.6) is 0 Å². The Morgan fingerprint density at radius 1 is 1.20 bits per heavy atom. The third kappa shape index (κ3) is 3.72. The van der Waals surface area contributed by atoms with Crippen molar-refractivity contribution in [3.63, 3.8) is 0 Å². The number of pyridine rings is 1. The molecule has 1 aliphatic rings. The van der Waals surface area contributed by atoms with Crippen LogP contribution in [0.4, 0.5) is 5.69 Å². The van der Waals surface area contributed by atoms with Crippen molar-refractivity contribution in [2.24, 2.45) is 0 Å². The second kappa shape index (κ2) is 7.18. The van der Waals surface area contributed by atoms with E-state index in [0.29, 0.717) is 6.42 Å². The van der Waals surface area contributed by atoms with Crippen molar-refractivity contribution < 1.29 is 4.79 Å². The molecule has 2 aromatic rings. The third-order valence-corrected chi connectivity index (χ3v) is 5.63. The smallest absolute Gasteiger partial charge is 0.227 e. The van der Waals surface area contributed by atoms with E-state index >= 15 is 0 Å². The predicted molar refractivity (Wildman–Crippen MR) is 106 cm³/mol. The lowest BCUT2D eigenvalue weighted by Gasteiger charge is -2.27. The molecular formula is C20H25N3OS. The van der Waals surface area contributed by atoms with Gasteiger partial charge in [-0.05, 0) is 55.2 Å². The van der Waals surface area contributed by atoms with Crippen molar-refractivity contribution in [2.75, 3.05) is 17.7 Å². The first-order valence-corrected chi connectivity index (χ1v) is 9.65. The van der Waals surface area contributed by atoms with Gasteiger partial charge in [-0.15, -0.1) is 0 Å². The van der Waals surface area contributed by atoms with Crippen LogP contribution in [0.2, 0.25) is 0 Å². The zero-order chi connectivity index (χ0) is 18.0. The summed E-state index contributed by atoms with van der Waals surface area (Å²) in [6.45, 7) is 6.48. The second-order valence-corrected chi connectivity index (χ2v) is 7.99. The van der Waals surface area contributed by atoms with Crippen molar-refractivity contribution in [1.82, 2.24) is 9.71 Å². The number of anilines is 1. The highest BCUT2D eigenvalue weighted by Crippen LogP contribution is 2.32. The van der Waals surface area contributed by atoms with E-state index in [0.717, 1.165) is 34.6 Å². The molecule has 0 unspecified atom stereocenters. The Balaban J connectivity index is 1.93. The van der Waals surface area contributed by atoms with Crippen LogP contribution in [0, 0.1) is 0 Å². The quantitative estimate of drug-likeness (QED) is 0.819. The van der Waals surface area contributed by atoms with Crippen LogP contribution < -0.4 is 9.62 Å². The van der Waals surface area contributed by atoms with Crippen molar-refractivity contribution in [3.05, 3.63) is 47.8 Å². The molecule has 1 amide bonds. The summed E-state index contributed by atoms with van der Waals surface area (Å²) in [7, 11) is 1.85. The molecule has 0 fully saturated rings. The molecule has 0 aliphatic carbocycles. The van der Waals surface area contributed by atoms with E-state index in [1.165, 1.54) is 5.56 Å². The van der Waals surface area contributed by atoms with Gasteiger partial charge >= 0.3 is 0 Å². The molecule has 0 saturated heterocycles. The molecule has 1 aliphatic heterocycles. The minimum absolute atomic E-state index is 0.148. The SMILES string of the molecule is CCSNC(C)(C)c1cncc(-c2ccc3c(c2)CCC(=O)N3C)c1. The van der Waals surface area contributed by atoms with Crippen molar-refractivity contribution in [2.45, 2.75) is 39.2 Å². The first-order chi connectivity index (χ1) is 11.9. The highest BCUT2D eigenvalue weighted by molar-refractivity contribution is 7.97. The monoisotopic (exact) mass is 355 g/mol. The maximum atomic E-state index is 11.9. The van der Waals surface area contributed by atoms with Crippen LogP contribution in [-0.2, 0) is 16.8 Å². The Bertz CT molecular complexity index is 788. The zero-order valence-corrected chi connectivity index (χ0v) is 16.1. The molecule has 132 valence electrons. The van der Waals surface area contributed by atoms with Gasteiger partial charge in [-0.3, -0.25) is 14.5 Å². The fourth-order valence-electron chi connectivity index (χ4n) is 3.09. The standard InChI is InChI=1S/C20H25N3OS/c1-5-25-22-20(2,3)17-11-16(12-21-13-17)14-6-8-18-15(10-14)7-9-19(24)23(18)4/h6,8,10-13,22H,5,7,9H2,1-4H3. The Labute approximate surface area is 154 Å². The number of hydrogen-bond acceptors (Lipinski definition) is 4. The topological polar surface area (TPSA) is 45.2 Å². The number of rotatable bonds is 5. The van der Waals surface area contributed by atoms with Crippen molar-refractivity contribution >= 4 is 23.5 Å². The number of nitrogens with zero attached hydrogens (tertiary/aromatic N) is 2. The molecule has 4 nitrogen and oxygen atoms in total. The van der Waals surface area contributed by atoms with E-state index in [-0.39, 0.29) is 11.4 Å². The van der Waals surface area contributed by atoms with Gasteiger partial charge in [0.25, 0.3) is 0 Å². The van der Waals surface area contributed by atoms with E-state index in [1.807, 2.05) is 25.5 Å². The maximum absolute atomic E-state index is 11.9. The number of hydrogen-bond donors (Lipinski definition) is 1. The van der Waals surface area contributed by atoms with Gasteiger partial charge in [-0.2, -0.15) is 0 Å². The van der Waals surface area contributed by atoms with Crippen molar-refractivity contribution in [1.29, 1.82) is 0 Å². The fourth-order valence-corrected chi connectivity index (χ4v) is 3.71. The molecule has 1 aromatic heterocycles. The molecule has 2 heterocycles. The van der Waals surface area contributed by atoms with E-state index in [2.05, 4.69) is 48.7 Å². The van der Waals surface area contributed by atoms with Gasteiger partial charge in [-0.1, -0.05) is 24.9 Å². The summed E-state index contributed by atoms with van der Waals surface area (Å²) in [4.78, 5) is 18.1. The van der Waals surface area contributed by atoms with Gasteiger partial charge in [0.05, 0.1) is 0 Å². The summed E-state index contributed by atoms with van der Waals surface area (Å²) in [6.07, 6.45) is 5.22. The normalized spacial score (nSPS) is 14.6. The van der Waals surface area contributed by atoms with Gasteiger partial charge in [0.15, 0.2) is 0 Å². The summed E-state index contributed by atoms with van der Waals surface area (Å²) in [6, 6.07) is 8.52. The second-order valence-electron chi connectivity index (χ2n) is 6.92. The molecule has 5 heteroatoms. The molecule has 0 atom stereocenters. The summed E-state index contributed by atoms with van der Waals surface area (Å²) >= 11 is 1.72. The van der Waals surface area contributed by atoms with Crippen LogP contribution in [-0.4, -0.2) is 23.7 Å².